The van der Waals surface area contributed by atoms with Crippen LogP contribution in [0.1, 0.15) is 35.7 Å². The van der Waals surface area contributed by atoms with Crippen molar-refractivity contribution in [2.45, 2.75) is 33.4 Å². The van der Waals surface area contributed by atoms with Crippen LogP contribution in [0.4, 0.5) is 0 Å². The predicted molar refractivity (Wildman–Crippen MR) is 101 cm³/mol. The van der Waals surface area contributed by atoms with Crippen LogP contribution in [0.3, 0.4) is 0 Å². The molecule has 3 rings (SSSR count). The molecular formula is C20H20ClN3O2. The molecule has 2 aromatic carbocycles. The van der Waals surface area contributed by atoms with Crippen LogP contribution in [-0.2, 0) is 6.54 Å². The van der Waals surface area contributed by atoms with Crippen LogP contribution in [0.2, 0.25) is 5.02 Å². The quantitative estimate of drug-likeness (QED) is 0.651. The molecule has 3 aromatic rings. The van der Waals surface area contributed by atoms with Crippen molar-refractivity contribution >= 4 is 17.5 Å². The summed E-state index contributed by atoms with van der Waals surface area (Å²) in [4.78, 5) is 14.6. The van der Waals surface area contributed by atoms with Gasteiger partial charge in [0.05, 0.1) is 17.1 Å². The second kappa shape index (κ2) is 7.70. The van der Waals surface area contributed by atoms with Gasteiger partial charge in [0.1, 0.15) is 0 Å². The summed E-state index contributed by atoms with van der Waals surface area (Å²) in [5, 5.41) is 8.68. The number of hydrogen-bond acceptors (Lipinski definition) is 4. The Hall–Kier alpha value is -2.66. The lowest BCUT2D eigenvalue weighted by Crippen LogP contribution is -2.36. The molecule has 0 spiro atoms. The van der Waals surface area contributed by atoms with Crippen molar-refractivity contribution in [3.05, 3.63) is 70.6 Å². The van der Waals surface area contributed by atoms with Gasteiger partial charge in [-0.1, -0.05) is 41.4 Å². The van der Waals surface area contributed by atoms with Crippen LogP contribution < -0.4 is 0 Å². The molecule has 0 saturated heterocycles. The second-order valence-electron chi connectivity index (χ2n) is 6.37. The molecule has 0 atom stereocenters. The Morgan fingerprint density at radius 1 is 1.12 bits per heavy atom. The summed E-state index contributed by atoms with van der Waals surface area (Å²) in [7, 11) is 0. The molecule has 0 unspecified atom stereocenters. The second-order valence-corrected chi connectivity index (χ2v) is 6.78. The van der Waals surface area contributed by atoms with Crippen molar-refractivity contribution in [2.24, 2.45) is 0 Å². The zero-order valence-electron chi connectivity index (χ0n) is 14.9. The molecule has 0 N–H and O–H groups in total. The highest BCUT2D eigenvalue weighted by Gasteiger charge is 2.22. The molecule has 0 fully saturated rings. The van der Waals surface area contributed by atoms with Gasteiger partial charge in [-0.2, -0.15) is 0 Å². The average Bonchev–Trinajstić information content (AvgIpc) is 3.08. The first-order chi connectivity index (χ1) is 12.5. The minimum absolute atomic E-state index is 0.0144. The Bertz CT molecular complexity index is 903. The highest BCUT2D eigenvalue weighted by molar-refractivity contribution is 6.33. The molecule has 1 amide bonds. The highest BCUT2D eigenvalue weighted by atomic mass is 35.5. The molecule has 26 heavy (non-hydrogen) atoms. The number of amides is 1. The van der Waals surface area contributed by atoms with Gasteiger partial charge in [-0.15, -0.1) is 10.2 Å². The smallest absolute Gasteiger partial charge is 0.254 e. The summed E-state index contributed by atoms with van der Waals surface area (Å²) < 4.78 is 5.74. The molecule has 0 aliphatic carbocycles. The number of aryl methyl sites for hydroxylation is 1. The number of carbonyl (C=O) groups excluding carboxylic acids is 1. The lowest BCUT2D eigenvalue weighted by atomic mass is 10.1. The monoisotopic (exact) mass is 369 g/mol. The van der Waals surface area contributed by atoms with E-state index in [1.165, 1.54) is 0 Å². The van der Waals surface area contributed by atoms with E-state index in [1.807, 2.05) is 63.2 Å². The molecule has 0 saturated carbocycles. The van der Waals surface area contributed by atoms with Crippen LogP contribution in [0.25, 0.3) is 11.5 Å². The summed E-state index contributed by atoms with van der Waals surface area (Å²) >= 11 is 6.18. The maximum absolute atomic E-state index is 12.8. The van der Waals surface area contributed by atoms with Gasteiger partial charge >= 0.3 is 0 Å². The average molecular weight is 370 g/mol. The normalized spacial score (nSPS) is 11.0. The van der Waals surface area contributed by atoms with E-state index < -0.39 is 0 Å². The number of benzene rings is 2. The third kappa shape index (κ3) is 3.94. The number of nitrogens with zero attached hydrogens (tertiary/aromatic N) is 3. The molecule has 134 valence electrons. The zero-order chi connectivity index (χ0) is 18.7. The van der Waals surface area contributed by atoms with E-state index in [0.717, 1.165) is 5.56 Å². The van der Waals surface area contributed by atoms with E-state index in [9.17, 15) is 4.79 Å². The Kier molecular flexibility index (Phi) is 5.38. The number of carbonyl (C=O) groups is 1. The molecule has 0 aliphatic rings. The lowest BCUT2D eigenvalue weighted by Gasteiger charge is -2.25. The van der Waals surface area contributed by atoms with E-state index in [1.54, 1.807) is 11.0 Å². The Morgan fingerprint density at radius 3 is 2.46 bits per heavy atom. The minimum Gasteiger partial charge on any atom is -0.419 e. The van der Waals surface area contributed by atoms with Crippen molar-refractivity contribution in [3.8, 4) is 11.5 Å². The minimum atomic E-state index is -0.0718. The molecule has 5 nitrogen and oxygen atoms in total. The fraction of sp³-hybridized carbons (Fsp3) is 0.250. The third-order valence-electron chi connectivity index (χ3n) is 4.06. The van der Waals surface area contributed by atoms with E-state index in [0.29, 0.717) is 27.9 Å². The maximum Gasteiger partial charge on any atom is 0.254 e. The summed E-state index contributed by atoms with van der Waals surface area (Å²) in [6, 6.07) is 14.8. The van der Waals surface area contributed by atoms with Gasteiger partial charge in [0.15, 0.2) is 0 Å². The van der Waals surface area contributed by atoms with Crippen LogP contribution in [0.15, 0.2) is 52.9 Å². The van der Waals surface area contributed by atoms with Crippen molar-refractivity contribution < 1.29 is 9.21 Å². The molecule has 6 heteroatoms. The van der Waals surface area contributed by atoms with Gasteiger partial charge in [-0.25, -0.2) is 0 Å². The third-order valence-corrected chi connectivity index (χ3v) is 4.39. The summed E-state index contributed by atoms with van der Waals surface area (Å²) in [6.45, 7) is 6.14. The van der Waals surface area contributed by atoms with Crippen LogP contribution in [0, 0.1) is 6.92 Å². The molecule has 1 aromatic heterocycles. The van der Waals surface area contributed by atoms with E-state index >= 15 is 0 Å². The first-order valence-corrected chi connectivity index (χ1v) is 8.78. The van der Waals surface area contributed by atoms with Gasteiger partial charge < -0.3 is 9.32 Å². The van der Waals surface area contributed by atoms with Crippen LogP contribution in [0.5, 0.6) is 0 Å². The summed E-state index contributed by atoms with van der Waals surface area (Å²) in [6.07, 6.45) is 0. The van der Waals surface area contributed by atoms with Crippen LogP contribution in [-0.4, -0.2) is 27.0 Å². The van der Waals surface area contributed by atoms with E-state index in [-0.39, 0.29) is 18.5 Å². The van der Waals surface area contributed by atoms with Crippen molar-refractivity contribution in [2.75, 3.05) is 0 Å². The molecule has 1 heterocycles. The van der Waals surface area contributed by atoms with Crippen LogP contribution >= 0.6 is 11.6 Å². The zero-order valence-corrected chi connectivity index (χ0v) is 15.7. The fourth-order valence-electron chi connectivity index (χ4n) is 2.56. The molecule has 0 bridgehead atoms. The first-order valence-electron chi connectivity index (χ1n) is 8.40. The SMILES string of the molecule is Cc1ccc(C(=O)N(Cc2nnc(-c3ccccc3Cl)o2)C(C)C)cc1. The first kappa shape index (κ1) is 18.1. The molecule has 0 radical (unpaired) electrons. The Labute approximate surface area is 157 Å². The predicted octanol–water partition coefficient (Wildman–Crippen LogP) is 4.75. The topological polar surface area (TPSA) is 59.2 Å². The van der Waals surface area contributed by atoms with E-state index in [4.69, 9.17) is 16.0 Å². The van der Waals surface area contributed by atoms with Gasteiger partial charge in [-0.05, 0) is 45.0 Å². The lowest BCUT2D eigenvalue weighted by molar-refractivity contribution is 0.0672. The highest BCUT2D eigenvalue weighted by Crippen LogP contribution is 2.26. The largest absolute Gasteiger partial charge is 0.419 e. The number of aromatic nitrogens is 2. The van der Waals surface area contributed by atoms with Crippen molar-refractivity contribution in [1.29, 1.82) is 0 Å². The Morgan fingerprint density at radius 2 is 1.81 bits per heavy atom. The summed E-state index contributed by atoms with van der Waals surface area (Å²) in [5.41, 5.74) is 2.42. The van der Waals surface area contributed by atoms with Gasteiger partial charge in [0.25, 0.3) is 5.91 Å². The fourth-order valence-corrected chi connectivity index (χ4v) is 2.77. The van der Waals surface area contributed by atoms with Gasteiger partial charge in [0, 0.05) is 11.6 Å². The maximum atomic E-state index is 12.8. The van der Waals surface area contributed by atoms with E-state index in [2.05, 4.69) is 10.2 Å². The number of hydrogen-bond donors (Lipinski definition) is 0. The summed E-state index contributed by atoms with van der Waals surface area (Å²) in [5.74, 6) is 0.642. The van der Waals surface area contributed by atoms with Gasteiger partial charge in [0.2, 0.25) is 11.8 Å². The number of halogens is 1. The van der Waals surface area contributed by atoms with Crippen molar-refractivity contribution in [1.82, 2.24) is 15.1 Å². The standard InChI is InChI=1S/C20H20ClN3O2/c1-13(2)24(20(25)15-10-8-14(3)9-11-15)12-18-22-23-19(26-18)16-6-4-5-7-17(16)21/h4-11,13H,12H2,1-3H3. The molecular weight excluding hydrogens is 350 g/mol. The Balaban J connectivity index is 1.82. The molecule has 0 aliphatic heterocycles. The van der Waals surface area contributed by atoms with Crippen molar-refractivity contribution in [3.63, 3.8) is 0 Å². The number of rotatable bonds is 5. The van der Waals surface area contributed by atoms with Gasteiger partial charge in [-0.3, -0.25) is 4.79 Å².